The van der Waals surface area contributed by atoms with E-state index in [1.54, 1.807) is 17.5 Å². The number of rotatable bonds is 4. The van der Waals surface area contributed by atoms with Gasteiger partial charge < -0.3 is 4.42 Å². The van der Waals surface area contributed by atoms with E-state index < -0.39 is 22.5 Å². The van der Waals surface area contributed by atoms with Gasteiger partial charge in [0, 0.05) is 0 Å². The van der Waals surface area contributed by atoms with Gasteiger partial charge in [0.15, 0.2) is 0 Å². The van der Waals surface area contributed by atoms with Crippen LogP contribution < -0.4 is 0 Å². The van der Waals surface area contributed by atoms with E-state index in [9.17, 15) is 23.3 Å². The first-order valence-electron chi connectivity index (χ1n) is 6.42. The second-order valence-electron chi connectivity index (χ2n) is 4.67. The first-order chi connectivity index (χ1) is 11.3. The average Bonchev–Trinajstić information content (AvgIpc) is 3.19. The van der Waals surface area contributed by atoms with Crippen LogP contribution in [0.15, 0.2) is 21.9 Å². The molecule has 0 saturated carbocycles. The van der Waals surface area contributed by atoms with E-state index >= 15 is 0 Å². The van der Waals surface area contributed by atoms with Crippen LogP contribution in [0.4, 0.5) is 18.9 Å². The monoisotopic (exact) mass is 359 g/mol. The molecule has 8 nitrogen and oxygen atoms in total. The van der Waals surface area contributed by atoms with Gasteiger partial charge in [0.05, 0.1) is 9.80 Å². The van der Waals surface area contributed by atoms with E-state index in [1.807, 2.05) is 0 Å². The largest absolute Gasteiger partial charge is 0.442 e. The Morgan fingerprint density at radius 3 is 2.71 bits per heavy atom. The maximum absolute atomic E-state index is 12.9. The molecule has 0 unspecified atom stereocenters. The van der Waals surface area contributed by atoms with Crippen LogP contribution >= 0.6 is 11.3 Å². The fourth-order valence-electron chi connectivity index (χ4n) is 2.05. The molecule has 3 aromatic rings. The molecular weight excluding hydrogens is 351 g/mol. The number of aromatic nitrogens is 4. The van der Waals surface area contributed by atoms with Crippen LogP contribution in [0, 0.1) is 17.0 Å². The van der Waals surface area contributed by atoms with Gasteiger partial charge >= 0.3 is 11.9 Å². The highest BCUT2D eigenvalue weighted by molar-refractivity contribution is 7.13. The van der Waals surface area contributed by atoms with Crippen LogP contribution in [0.3, 0.4) is 0 Å². The number of hydrogen-bond donors (Lipinski definition) is 0. The highest BCUT2D eigenvalue weighted by Gasteiger charge is 2.44. The molecule has 0 aromatic carbocycles. The third-order valence-corrected chi connectivity index (χ3v) is 3.97. The molecule has 126 valence electrons. The van der Waals surface area contributed by atoms with Crippen molar-refractivity contribution in [3.63, 3.8) is 0 Å². The summed E-state index contributed by atoms with van der Waals surface area (Å²) in [7, 11) is 0. The summed E-state index contributed by atoms with van der Waals surface area (Å²) in [5.74, 6) is 0.211. The van der Waals surface area contributed by atoms with Crippen molar-refractivity contribution in [3.05, 3.63) is 44.9 Å². The summed E-state index contributed by atoms with van der Waals surface area (Å²) in [6, 6.07) is 3.52. The van der Waals surface area contributed by atoms with Gasteiger partial charge in [-0.3, -0.25) is 14.8 Å². The molecular formula is C12H8F3N5O3S. The lowest BCUT2D eigenvalue weighted by Crippen LogP contribution is -2.10. The molecule has 0 aliphatic carbocycles. The van der Waals surface area contributed by atoms with Gasteiger partial charge in [-0.05, 0) is 18.4 Å². The van der Waals surface area contributed by atoms with Crippen LogP contribution in [-0.4, -0.2) is 24.9 Å². The Kier molecular flexibility index (Phi) is 3.83. The fourth-order valence-corrected chi connectivity index (χ4v) is 2.69. The SMILES string of the molecule is Cc1c([N+](=O)[O-])c(C(F)(F)F)nn1Cc1nnc(-c2cccs2)o1. The maximum Gasteiger partial charge on any atom is 0.442 e. The summed E-state index contributed by atoms with van der Waals surface area (Å²) < 4.78 is 44.9. The van der Waals surface area contributed by atoms with E-state index in [2.05, 4.69) is 15.3 Å². The summed E-state index contributed by atoms with van der Waals surface area (Å²) >= 11 is 1.36. The first kappa shape index (κ1) is 16.1. The molecule has 0 aliphatic rings. The first-order valence-corrected chi connectivity index (χ1v) is 7.30. The topological polar surface area (TPSA) is 99.9 Å². The van der Waals surface area contributed by atoms with E-state index in [-0.39, 0.29) is 24.0 Å². The lowest BCUT2D eigenvalue weighted by atomic mass is 10.3. The molecule has 0 saturated heterocycles. The molecule has 0 amide bonds. The van der Waals surface area contributed by atoms with Crippen molar-refractivity contribution >= 4 is 17.0 Å². The Bertz CT molecular complexity index is 885. The second kappa shape index (κ2) is 5.70. The number of nitro groups is 1. The number of hydrogen-bond acceptors (Lipinski definition) is 7. The normalized spacial score (nSPS) is 11.8. The molecule has 12 heteroatoms. The molecule has 0 N–H and O–H groups in total. The summed E-state index contributed by atoms with van der Waals surface area (Å²) in [4.78, 5) is 10.5. The highest BCUT2D eigenvalue weighted by Crippen LogP contribution is 2.37. The number of halogens is 3. The molecule has 0 radical (unpaired) electrons. The molecule has 3 heterocycles. The smallest absolute Gasteiger partial charge is 0.418 e. The standard InChI is InChI=1S/C12H8F3N5O3S/c1-6-9(20(21)22)10(12(13,14)15)18-19(6)5-8-16-17-11(23-8)7-3-2-4-24-7/h2-4H,5H2,1H3. The van der Waals surface area contributed by atoms with Crippen molar-refractivity contribution in [2.45, 2.75) is 19.6 Å². The van der Waals surface area contributed by atoms with E-state index in [0.29, 0.717) is 4.88 Å². The summed E-state index contributed by atoms with van der Waals surface area (Å²) in [5, 5.41) is 23.5. The predicted octanol–water partition coefficient (Wildman–Crippen LogP) is 3.28. The van der Waals surface area contributed by atoms with Crippen molar-refractivity contribution in [1.29, 1.82) is 0 Å². The minimum atomic E-state index is -4.94. The van der Waals surface area contributed by atoms with Crippen LogP contribution in [0.25, 0.3) is 10.8 Å². The minimum Gasteiger partial charge on any atom is -0.418 e. The Morgan fingerprint density at radius 1 is 1.42 bits per heavy atom. The highest BCUT2D eigenvalue weighted by atomic mass is 32.1. The van der Waals surface area contributed by atoms with Crippen molar-refractivity contribution in [3.8, 4) is 10.8 Å². The van der Waals surface area contributed by atoms with Gasteiger partial charge in [0.2, 0.25) is 11.6 Å². The fraction of sp³-hybridized carbons (Fsp3) is 0.250. The van der Waals surface area contributed by atoms with Gasteiger partial charge in [-0.15, -0.1) is 21.5 Å². The third kappa shape index (κ3) is 2.87. The zero-order chi connectivity index (χ0) is 17.5. The lowest BCUT2D eigenvalue weighted by molar-refractivity contribution is -0.388. The summed E-state index contributed by atoms with van der Waals surface area (Å²) in [5.41, 5.74) is -2.88. The zero-order valence-corrected chi connectivity index (χ0v) is 12.8. The molecule has 0 aliphatic heterocycles. The lowest BCUT2D eigenvalue weighted by Gasteiger charge is -2.00. The van der Waals surface area contributed by atoms with Crippen molar-refractivity contribution < 1.29 is 22.5 Å². The van der Waals surface area contributed by atoms with Crippen LogP contribution in [0.1, 0.15) is 17.3 Å². The third-order valence-electron chi connectivity index (χ3n) is 3.11. The minimum absolute atomic E-state index is 0.00683. The Balaban J connectivity index is 1.95. The van der Waals surface area contributed by atoms with Crippen molar-refractivity contribution in [2.24, 2.45) is 0 Å². The van der Waals surface area contributed by atoms with Gasteiger partial charge in [-0.2, -0.15) is 18.3 Å². The second-order valence-corrected chi connectivity index (χ2v) is 5.62. The Labute approximate surface area is 135 Å². The van der Waals surface area contributed by atoms with E-state index in [1.165, 1.54) is 18.3 Å². The van der Waals surface area contributed by atoms with Gasteiger partial charge in [-0.25, -0.2) is 0 Å². The summed E-state index contributed by atoms with van der Waals surface area (Å²) in [6.45, 7) is 0.873. The molecule has 0 bridgehead atoms. The van der Waals surface area contributed by atoms with Gasteiger partial charge in [0.1, 0.15) is 12.2 Å². The van der Waals surface area contributed by atoms with Gasteiger partial charge in [-0.1, -0.05) is 6.07 Å². The predicted molar refractivity (Wildman–Crippen MR) is 75.3 cm³/mol. The molecule has 0 spiro atoms. The molecule has 3 aromatic heterocycles. The summed E-state index contributed by atoms with van der Waals surface area (Å²) in [6.07, 6.45) is -4.94. The van der Waals surface area contributed by atoms with E-state index in [4.69, 9.17) is 4.42 Å². The maximum atomic E-state index is 12.9. The quantitative estimate of drug-likeness (QED) is 0.523. The zero-order valence-electron chi connectivity index (χ0n) is 11.9. The average molecular weight is 359 g/mol. The van der Waals surface area contributed by atoms with Crippen LogP contribution in [-0.2, 0) is 12.7 Å². The van der Waals surface area contributed by atoms with Crippen LogP contribution in [0.2, 0.25) is 0 Å². The molecule has 3 rings (SSSR count). The van der Waals surface area contributed by atoms with E-state index in [0.717, 1.165) is 4.68 Å². The Morgan fingerprint density at radius 2 is 2.17 bits per heavy atom. The number of thiophene rings is 1. The molecule has 0 atom stereocenters. The number of alkyl halides is 3. The Hall–Kier alpha value is -2.76. The molecule has 24 heavy (non-hydrogen) atoms. The number of nitrogens with zero attached hydrogens (tertiary/aromatic N) is 5. The van der Waals surface area contributed by atoms with Crippen LogP contribution in [0.5, 0.6) is 0 Å². The van der Waals surface area contributed by atoms with Crippen molar-refractivity contribution in [1.82, 2.24) is 20.0 Å². The van der Waals surface area contributed by atoms with Gasteiger partial charge in [0.25, 0.3) is 5.89 Å². The van der Waals surface area contributed by atoms with Crippen molar-refractivity contribution in [2.75, 3.05) is 0 Å². The molecule has 0 fully saturated rings.